The van der Waals surface area contributed by atoms with Gasteiger partial charge >= 0.3 is 6.18 Å². The van der Waals surface area contributed by atoms with Gasteiger partial charge in [0.2, 0.25) is 0 Å². The largest absolute Gasteiger partial charge is 0.494 e. The van der Waals surface area contributed by atoms with Gasteiger partial charge in [-0.05, 0) is 36.8 Å². The van der Waals surface area contributed by atoms with Crippen LogP contribution in [-0.2, 0) is 12.7 Å². The summed E-state index contributed by atoms with van der Waals surface area (Å²) in [5.41, 5.74) is 0.233. The third-order valence-corrected chi connectivity index (χ3v) is 5.57. The van der Waals surface area contributed by atoms with Gasteiger partial charge in [-0.25, -0.2) is 28.7 Å². The number of rotatable bonds is 7. The quantitative estimate of drug-likeness (QED) is 0.241. The molecule has 38 heavy (non-hydrogen) atoms. The van der Waals surface area contributed by atoms with Gasteiger partial charge in [0.15, 0.2) is 23.3 Å². The molecule has 2 aromatic carbocycles. The van der Waals surface area contributed by atoms with Crippen LogP contribution in [0, 0.1) is 11.6 Å². The molecule has 1 aromatic heterocycles. The van der Waals surface area contributed by atoms with E-state index >= 15 is 0 Å². The minimum absolute atomic E-state index is 0.0239. The number of nitrogens with zero attached hydrogens (tertiary/aromatic N) is 6. The van der Waals surface area contributed by atoms with E-state index in [0.717, 1.165) is 12.1 Å². The normalized spacial score (nSPS) is 11.7. The van der Waals surface area contributed by atoms with Crippen LogP contribution in [0.5, 0.6) is 5.75 Å². The zero-order valence-corrected chi connectivity index (χ0v) is 19.9. The summed E-state index contributed by atoms with van der Waals surface area (Å²) in [7, 11) is 0. The van der Waals surface area contributed by atoms with Crippen molar-refractivity contribution in [1.82, 2.24) is 29.7 Å². The summed E-state index contributed by atoms with van der Waals surface area (Å²) in [5, 5.41) is 4.24. The summed E-state index contributed by atoms with van der Waals surface area (Å²) in [6, 6.07) is 7.44. The Morgan fingerprint density at radius 1 is 0.895 bits per heavy atom. The predicted octanol–water partition coefficient (Wildman–Crippen LogP) is 6.04. The van der Waals surface area contributed by atoms with E-state index in [1.807, 2.05) is 6.92 Å². The van der Waals surface area contributed by atoms with Crippen molar-refractivity contribution in [3.63, 3.8) is 0 Å². The van der Waals surface area contributed by atoms with Crippen LogP contribution < -0.4 is 4.74 Å². The monoisotopic (exact) mass is 526 g/mol. The van der Waals surface area contributed by atoms with Crippen LogP contribution in [0.1, 0.15) is 24.5 Å². The molecular formula is C26H19F5N6O. The first-order valence-corrected chi connectivity index (χ1v) is 11.5. The molecule has 3 heterocycles. The smallest absolute Gasteiger partial charge is 0.417 e. The molecule has 0 bridgehead atoms. The summed E-state index contributed by atoms with van der Waals surface area (Å²) in [6.45, 7) is 2.35. The van der Waals surface area contributed by atoms with Crippen molar-refractivity contribution < 1.29 is 26.7 Å². The molecule has 194 valence electrons. The fourth-order valence-electron chi connectivity index (χ4n) is 3.77. The van der Waals surface area contributed by atoms with Crippen LogP contribution in [-0.4, -0.2) is 36.3 Å². The first-order valence-electron chi connectivity index (χ1n) is 11.5. The van der Waals surface area contributed by atoms with E-state index in [0.29, 0.717) is 30.0 Å². The Balaban J connectivity index is 1.38. The molecule has 0 saturated heterocycles. The van der Waals surface area contributed by atoms with Crippen molar-refractivity contribution in [2.45, 2.75) is 26.1 Å². The highest BCUT2D eigenvalue weighted by Gasteiger charge is 2.35. The Labute approximate surface area is 213 Å². The highest BCUT2D eigenvalue weighted by Crippen LogP contribution is 2.38. The number of hydrogen-bond acceptors (Lipinski definition) is 6. The SMILES string of the molecule is CCCOc1ccc(-c2ncc(Cn3cc4nc(-c5cccc(F)c5F)nc-4cn3)cn2)c(C(F)(F)F)c1. The fraction of sp³-hybridized carbons (Fsp3) is 0.192. The molecule has 0 saturated carbocycles. The second kappa shape index (κ2) is 10.1. The molecule has 7 nitrogen and oxygen atoms in total. The van der Waals surface area contributed by atoms with Gasteiger partial charge in [0.05, 0.1) is 36.7 Å². The predicted molar refractivity (Wildman–Crippen MR) is 127 cm³/mol. The minimum Gasteiger partial charge on any atom is -0.494 e. The molecule has 0 atom stereocenters. The van der Waals surface area contributed by atoms with Crippen molar-refractivity contribution in [2.24, 2.45) is 0 Å². The second-order valence-corrected chi connectivity index (χ2v) is 8.36. The molecule has 0 fully saturated rings. The Hall–Kier alpha value is -4.48. The molecule has 0 amide bonds. The Morgan fingerprint density at radius 3 is 2.39 bits per heavy atom. The molecule has 2 aliphatic heterocycles. The van der Waals surface area contributed by atoms with Gasteiger partial charge in [-0.1, -0.05) is 13.0 Å². The second-order valence-electron chi connectivity index (χ2n) is 8.36. The maximum absolute atomic E-state index is 14.1. The molecule has 0 spiro atoms. The van der Waals surface area contributed by atoms with Gasteiger partial charge in [0.1, 0.15) is 17.1 Å². The molecule has 0 aliphatic carbocycles. The van der Waals surface area contributed by atoms with E-state index in [4.69, 9.17) is 4.74 Å². The Kier molecular flexibility index (Phi) is 6.70. The van der Waals surface area contributed by atoms with Crippen LogP contribution >= 0.6 is 0 Å². The Morgan fingerprint density at radius 2 is 1.66 bits per heavy atom. The van der Waals surface area contributed by atoms with Crippen LogP contribution in [0.4, 0.5) is 22.0 Å². The van der Waals surface area contributed by atoms with E-state index in [1.54, 1.807) is 6.20 Å². The average molecular weight is 526 g/mol. The average Bonchev–Trinajstić information content (AvgIpc) is 3.32. The van der Waals surface area contributed by atoms with Gasteiger partial charge < -0.3 is 4.74 Å². The highest BCUT2D eigenvalue weighted by atomic mass is 19.4. The molecule has 2 aliphatic rings. The number of benzene rings is 2. The first-order chi connectivity index (χ1) is 18.2. The molecule has 3 aromatic rings. The van der Waals surface area contributed by atoms with Gasteiger partial charge in [-0.2, -0.15) is 18.3 Å². The number of aromatic nitrogens is 6. The Bertz CT molecular complexity index is 1550. The molecule has 0 unspecified atom stereocenters. The van der Waals surface area contributed by atoms with Crippen molar-refractivity contribution in [2.75, 3.05) is 6.61 Å². The van der Waals surface area contributed by atoms with Crippen molar-refractivity contribution >= 4 is 0 Å². The summed E-state index contributed by atoms with van der Waals surface area (Å²) < 4.78 is 75.7. The van der Waals surface area contributed by atoms with Crippen molar-refractivity contribution in [3.8, 4) is 39.9 Å². The summed E-state index contributed by atoms with van der Waals surface area (Å²) in [5.74, 6) is -1.99. The van der Waals surface area contributed by atoms with Crippen LogP contribution in [0.2, 0.25) is 0 Å². The molecule has 5 rings (SSSR count). The van der Waals surface area contributed by atoms with Gasteiger partial charge in [-0.15, -0.1) is 0 Å². The van der Waals surface area contributed by atoms with E-state index in [2.05, 4.69) is 25.0 Å². The van der Waals surface area contributed by atoms with Gasteiger partial charge in [0, 0.05) is 23.5 Å². The van der Waals surface area contributed by atoms with E-state index in [9.17, 15) is 22.0 Å². The van der Waals surface area contributed by atoms with Crippen LogP contribution in [0.3, 0.4) is 0 Å². The summed E-state index contributed by atoms with van der Waals surface area (Å²) >= 11 is 0. The molecule has 0 N–H and O–H groups in total. The maximum atomic E-state index is 14.1. The number of imidazole rings is 1. The first kappa shape index (κ1) is 25.2. The number of alkyl halides is 3. The lowest BCUT2D eigenvalue weighted by Crippen LogP contribution is -2.10. The van der Waals surface area contributed by atoms with Crippen LogP contribution in [0.15, 0.2) is 61.2 Å². The van der Waals surface area contributed by atoms with E-state index < -0.39 is 23.4 Å². The number of fused-ring (bicyclic) bond motifs is 1. The van der Waals surface area contributed by atoms with E-state index in [-0.39, 0.29) is 35.1 Å². The lowest BCUT2D eigenvalue weighted by atomic mass is 10.1. The highest BCUT2D eigenvalue weighted by molar-refractivity contribution is 5.65. The van der Waals surface area contributed by atoms with E-state index in [1.165, 1.54) is 47.5 Å². The maximum Gasteiger partial charge on any atom is 0.417 e. The molecular weight excluding hydrogens is 507 g/mol. The zero-order chi connectivity index (χ0) is 26.9. The summed E-state index contributed by atoms with van der Waals surface area (Å²) in [4.78, 5) is 16.8. The number of halogens is 5. The molecule has 12 heteroatoms. The number of ether oxygens (including phenoxy) is 1. The van der Waals surface area contributed by atoms with Crippen LogP contribution in [0.25, 0.3) is 34.2 Å². The lowest BCUT2D eigenvalue weighted by molar-refractivity contribution is -0.137. The fourth-order valence-corrected chi connectivity index (χ4v) is 3.77. The topological polar surface area (TPSA) is 78.6 Å². The minimum atomic E-state index is -4.62. The summed E-state index contributed by atoms with van der Waals surface area (Å²) in [6.07, 6.45) is 1.86. The van der Waals surface area contributed by atoms with Gasteiger partial charge in [0.25, 0.3) is 0 Å². The zero-order valence-electron chi connectivity index (χ0n) is 19.9. The lowest BCUT2D eigenvalue weighted by Gasteiger charge is -2.14. The standard InChI is InChI=1S/C26H19F5N6O/c1-2-8-38-16-6-7-17(19(9-16)26(29,30)31)24-32-10-15(11-33-24)13-37-14-22-21(12-34-37)35-25(36-22)18-4-3-5-20(27)23(18)28/h3-7,9-12,14H,2,8,13H2,1H3. The number of hydrogen-bond donors (Lipinski definition) is 0. The van der Waals surface area contributed by atoms with Crippen molar-refractivity contribution in [3.05, 3.63) is 83.9 Å². The molecule has 0 radical (unpaired) electrons. The van der Waals surface area contributed by atoms with Crippen molar-refractivity contribution in [1.29, 1.82) is 0 Å². The van der Waals surface area contributed by atoms with Gasteiger partial charge in [-0.3, -0.25) is 4.68 Å². The third-order valence-electron chi connectivity index (χ3n) is 5.57. The third kappa shape index (κ3) is 5.15.